The molecule has 2 N–H and O–H groups in total. The highest BCUT2D eigenvalue weighted by atomic mass is 32.2. The van der Waals surface area contributed by atoms with E-state index in [0.717, 1.165) is 16.7 Å². The van der Waals surface area contributed by atoms with Crippen molar-refractivity contribution >= 4 is 15.9 Å². The van der Waals surface area contributed by atoms with E-state index in [2.05, 4.69) is 10.0 Å². The van der Waals surface area contributed by atoms with Crippen LogP contribution in [0.25, 0.3) is 0 Å². The lowest BCUT2D eigenvalue weighted by Crippen LogP contribution is -2.27. The minimum absolute atomic E-state index is 0.131. The molecule has 0 radical (unpaired) electrons. The first-order valence-electron chi connectivity index (χ1n) is 10.7. The number of nitrogens with one attached hydrogen (secondary N) is 2. The summed E-state index contributed by atoms with van der Waals surface area (Å²) in [6.07, 6.45) is 0. The average molecular weight is 467 g/mol. The highest BCUT2D eigenvalue weighted by Crippen LogP contribution is 2.32. The minimum atomic E-state index is -3.60. The standard InChI is InChI=1S/C25H26N2O5S/c1-17-3-10-22(11-4-17)33(29,30)26-16-19-5-7-20(8-6-19)25(28)27-18(2)21-9-12-23-24(15-21)32-14-13-31-23/h3-12,15,18,26H,13-14,16H2,1-2H3,(H,27,28). The Morgan fingerprint density at radius 3 is 2.30 bits per heavy atom. The van der Waals surface area contributed by atoms with Crippen LogP contribution >= 0.6 is 0 Å². The maximum Gasteiger partial charge on any atom is 0.251 e. The van der Waals surface area contributed by atoms with Crippen LogP contribution in [0.2, 0.25) is 0 Å². The lowest BCUT2D eigenvalue weighted by Gasteiger charge is -2.21. The number of hydrogen-bond donors (Lipinski definition) is 2. The molecule has 33 heavy (non-hydrogen) atoms. The largest absolute Gasteiger partial charge is 0.486 e. The summed E-state index contributed by atoms with van der Waals surface area (Å²) in [4.78, 5) is 12.9. The Balaban J connectivity index is 1.35. The third-order valence-corrected chi connectivity index (χ3v) is 6.84. The van der Waals surface area contributed by atoms with Crippen molar-refractivity contribution in [2.75, 3.05) is 13.2 Å². The predicted octanol–water partition coefficient (Wildman–Crippen LogP) is 3.74. The molecular weight excluding hydrogens is 440 g/mol. The van der Waals surface area contributed by atoms with Gasteiger partial charge in [-0.1, -0.05) is 35.9 Å². The summed E-state index contributed by atoms with van der Waals surface area (Å²) < 4.78 is 38.6. The molecule has 4 rings (SSSR count). The number of sulfonamides is 1. The Bertz CT molecular complexity index is 1240. The van der Waals surface area contributed by atoms with Gasteiger partial charge < -0.3 is 14.8 Å². The topological polar surface area (TPSA) is 93.7 Å². The van der Waals surface area contributed by atoms with E-state index in [1.165, 1.54) is 0 Å². The highest BCUT2D eigenvalue weighted by molar-refractivity contribution is 7.89. The molecule has 172 valence electrons. The van der Waals surface area contributed by atoms with Gasteiger partial charge in [0.25, 0.3) is 5.91 Å². The average Bonchev–Trinajstić information content (AvgIpc) is 2.83. The Kier molecular flexibility index (Phi) is 6.67. The van der Waals surface area contributed by atoms with Gasteiger partial charge in [-0.25, -0.2) is 13.1 Å². The second-order valence-electron chi connectivity index (χ2n) is 7.93. The van der Waals surface area contributed by atoms with E-state index < -0.39 is 10.0 Å². The molecule has 3 aromatic carbocycles. The normalized spacial score (nSPS) is 13.9. The van der Waals surface area contributed by atoms with E-state index in [4.69, 9.17) is 9.47 Å². The van der Waals surface area contributed by atoms with Crippen LogP contribution in [0.5, 0.6) is 11.5 Å². The van der Waals surface area contributed by atoms with Crippen molar-refractivity contribution in [3.8, 4) is 11.5 Å². The van der Waals surface area contributed by atoms with E-state index in [1.54, 1.807) is 48.5 Å². The fraction of sp³-hybridized carbons (Fsp3) is 0.240. The van der Waals surface area contributed by atoms with Crippen molar-refractivity contribution in [1.82, 2.24) is 10.0 Å². The van der Waals surface area contributed by atoms with Crippen molar-refractivity contribution in [2.24, 2.45) is 0 Å². The molecule has 1 heterocycles. The van der Waals surface area contributed by atoms with Gasteiger partial charge in [-0.2, -0.15) is 0 Å². The molecule has 1 atom stereocenters. The third kappa shape index (κ3) is 5.53. The predicted molar refractivity (Wildman–Crippen MR) is 125 cm³/mol. The fourth-order valence-corrected chi connectivity index (χ4v) is 4.46. The van der Waals surface area contributed by atoms with Crippen LogP contribution in [0.3, 0.4) is 0 Å². The number of carbonyl (C=O) groups is 1. The molecule has 0 aliphatic carbocycles. The highest BCUT2D eigenvalue weighted by Gasteiger charge is 2.17. The number of rotatable bonds is 7. The van der Waals surface area contributed by atoms with Gasteiger partial charge >= 0.3 is 0 Å². The SMILES string of the molecule is Cc1ccc(S(=O)(=O)NCc2ccc(C(=O)NC(C)c3ccc4c(c3)OCCO4)cc2)cc1. The maximum atomic E-state index is 12.7. The van der Waals surface area contributed by atoms with Gasteiger partial charge in [0, 0.05) is 12.1 Å². The van der Waals surface area contributed by atoms with Crippen LogP contribution in [0.15, 0.2) is 71.6 Å². The second kappa shape index (κ2) is 9.64. The van der Waals surface area contributed by atoms with Crippen LogP contribution in [0.1, 0.15) is 40.0 Å². The number of ether oxygens (including phenoxy) is 2. The molecule has 0 bridgehead atoms. The van der Waals surface area contributed by atoms with Crippen molar-refractivity contribution in [3.05, 3.63) is 89.0 Å². The molecule has 0 fully saturated rings. The number of amides is 1. The molecule has 8 heteroatoms. The zero-order valence-electron chi connectivity index (χ0n) is 18.5. The zero-order chi connectivity index (χ0) is 23.4. The molecule has 0 saturated heterocycles. The van der Waals surface area contributed by atoms with Crippen LogP contribution in [-0.4, -0.2) is 27.5 Å². The summed E-state index contributed by atoms with van der Waals surface area (Å²) in [6.45, 7) is 4.97. The summed E-state index contributed by atoms with van der Waals surface area (Å²) in [5, 5.41) is 2.97. The lowest BCUT2D eigenvalue weighted by molar-refractivity contribution is 0.0939. The molecular formula is C25H26N2O5S. The first-order chi connectivity index (χ1) is 15.8. The fourth-order valence-electron chi connectivity index (χ4n) is 3.45. The van der Waals surface area contributed by atoms with E-state index in [0.29, 0.717) is 30.3 Å². The van der Waals surface area contributed by atoms with Crippen molar-refractivity contribution in [3.63, 3.8) is 0 Å². The van der Waals surface area contributed by atoms with Crippen LogP contribution in [0.4, 0.5) is 0 Å². The Hall–Kier alpha value is -3.36. The number of carbonyl (C=O) groups excluding carboxylic acids is 1. The van der Waals surface area contributed by atoms with Crippen molar-refractivity contribution in [1.29, 1.82) is 0 Å². The molecule has 1 aliphatic rings. The summed E-state index contributed by atoms with van der Waals surface area (Å²) in [5.74, 6) is 1.17. The molecule has 0 saturated carbocycles. The molecule has 0 aromatic heterocycles. The number of benzene rings is 3. The molecule has 1 unspecified atom stereocenters. The van der Waals surface area contributed by atoms with Crippen LogP contribution < -0.4 is 19.5 Å². The van der Waals surface area contributed by atoms with Gasteiger partial charge in [0.2, 0.25) is 10.0 Å². The first kappa shape index (κ1) is 22.8. The Morgan fingerprint density at radius 1 is 0.939 bits per heavy atom. The quantitative estimate of drug-likeness (QED) is 0.553. The second-order valence-corrected chi connectivity index (χ2v) is 9.70. The summed E-state index contributed by atoms with van der Waals surface area (Å²) >= 11 is 0. The van der Waals surface area contributed by atoms with E-state index in [9.17, 15) is 13.2 Å². The molecule has 0 spiro atoms. The molecule has 3 aromatic rings. The van der Waals surface area contributed by atoms with Crippen LogP contribution in [0, 0.1) is 6.92 Å². The van der Waals surface area contributed by atoms with Gasteiger partial charge in [0.1, 0.15) is 13.2 Å². The first-order valence-corrected chi connectivity index (χ1v) is 12.2. The van der Waals surface area contributed by atoms with Gasteiger partial charge in [0.15, 0.2) is 11.5 Å². The molecule has 1 aliphatic heterocycles. The summed E-state index contributed by atoms with van der Waals surface area (Å²) in [7, 11) is -3.60. The Morgan fingerprint density at radius 2 is 1.61 bits per heavy atom. The van der Waals surface area contributed by atoms with E-state index >= 15 is 0 Å². The van der Waals surface area contributed by atoms with Gasteiger partial charge in [-0.05, 0) is 61.4 Å². The monoisotopic (exact) mass is 466 g/mol. The van der Waals surface area contributed by atoms with E-state index in [1.807, 2.05) is 32.0 Å². The summed E-state index contributed by atoms with van der Waals surface area (Å²) in [6, 6.07) is 18.9. The smallest absolute Gasteiger partial charge is 0.251 e. The van der Waals surface area contributed by atoms with Gasteiger partial charge in [-0.3, -0.25) is 4.79 Å². The summed E-state index contributed by atoms with van der Waals surface area (Å²) in [5.41, 5.74) is 3.15. The van der Waals surface area contributed by atoms with Crippen LogP contribution in [-0.2, 0) is 16.6 Å². The zero-order valence-corrected chi connectivity index (χ0v) is 19.3. The van der Waals surface area contributed by atoms with Gasteiger partial charge in [0.05, 0.1) is 10.9 Å². The number of fused-ring (bicyclic) bond motifs is 1. The van der Waals surface area contributed by atoms with Gasteiger partial charge in [-0.15, -0.1) is 0 Å². The number of hydrogen-bond acceptors (Lipinski definition) is 5. The van der Waals surface area contributed by atoms with Crippen molar-refractivity contribution < 1.29 is 22.7 Å². The number of aryl methyl sites for hydroxylation is 1. The third-order valence-electron chi connectivity index (χ3n) is 5.43. The van der Waals surface area contributed by atoms with E-state index in [-0.39, 0.29) is 23.4 Å². The Labute approximate surface area is 193 Å². The minimum Gasteiger partial charge on any atom is -0.486 e. The molecule has 7 nitrogen and oxygen atoms in total. The lowest BCUT2D eigenvalue weighted by atomic mass is 10.1. The van der Waals surface area contributed by atoms with Crippen molar-refractivity contribution in [2.45, 2.75) is 31.3 Å². The maximum absolute atomic E-state index is 12.7. The molecule has 1 amide bonds.